The number of benzene rings is 1. The lowest BCUT2D eigenvalue weighted by Gasteiger charge is -2.16. The van der Waals surface area contributed by atoms with E-state index in [9.17, 15) is 8.42 Å². The van der Waals surface area contributed by atoms with Gasteiger partial charge in [0, 0.05) is 29.2 Å². The van der Waals surface area contributed by atoms with E-state index in [0.29, 0.717) is 29.6 Å². The average molecular weight is 332 g/mol. The lowest BCUT2D eigenvalue weighted by molar-refractivity contribution is 0.472. The molecular weight excluding hydrogens is 319 g/mol. The van der Waals surface area contributed by atoms with Crippen molar-refractivity contribution in [2.24, 2.45) is 5.73 Å². The van der Waals surface area contributed by atoms with Gasteiger partial charge in [0.05, 0.1) is 4.90 Å². The zero-order valence-electron chi connectivity index (χ0n) is 9.34. The fourth-order valence-corrected chi connectivity index (χ4v) is 4.04. The first-order valence-corrected chi connectivity index (χ1v) is 7.31. The Morgan fingerprint density at radius 2 is 1.78 bits per heavy atom. The van der Waals surface area contributed by atoms with Crippen molar-refractivity contribution >= 4 is 45.6 Å². The van der Waals surface area contributed by atoms with E-state index in [-0.39, 0.29) is 23.3 Å². The largest absolute Gasteiger partial charge is 0.326 e. The van der Waals surface area contributed by atoms with E-state index in [0.717, 1.165) is 0 Å². The quantitative estimate of drug-likeness (QED) is 0.903. The van der Waals surface area contributed by atoms with Crippen LogP contribution in [0.25, 0.3) is 0 Å². The molecule has 0 spiro atoms. The van der Waals surface area contributed by atoms with Gasteiger partial charge < -0.3 is 5.73 Å². The van der Waals surface area contributed by atoms with Crippen LogP contribution in [0.5, 0.6) is 0 Å². The van der Waals surface area contributed by atoms with Gasteiger partial charge in [-0.1, -0.05) is 23.2 Å². The van der Waals surface area contributed by atoms with Crippen LogP contribution in [-0.4, -0.2) is 31.9 Å². The monoisotopic (exact) mass is 330 g/mol. The van der Waals surface area contributed by atoms with Gasteiger partial charge in [-0.15, -0.1) is 12.4 Å². The smallest absolute Gasteiger partial charge is 0.243 e. The van der Waals surface area contributed by atoms with E-state index in [4.69, 9.17) is 28.9 Å². The summed E-state index contributed by atoms with van der Waals surface area (Å²) in [5.74, 6) is 0. The minimum Gasteiger partial charge on any atom is -0.326 e. The minimum absolute atomic E-state index is 0. The third kappa shape index (κ3) is 3.29. The molecule has 1 saturated heterocycles. The van der Waals surface area contributed by atoms with Crippen LogP contribution in [0.2, 0.25) is 10.0 Å². The van der Waals surface area contributed by atoms with Crippen molar-refractivity contribution in [1.82, 2.24) is 4.31 Å². The van der Waals surface area contributed by atoms with Gasteiger partial charge in [0.1, 0.15) is 0 Å². The zero-order chi connectivity index (χ0) is 12.6. The molecule has 0 aromatic heterocycles. The SMILES string of the molecule is Cl.N[C@@H]1CCN(S(=O)(=O)c2cc(Cl)cc(Cl)c2)C1. The van der Waals surface area contributed by atoms with Crippen molar-refractivity contribution in [3.05, 3.63) is 28.2 Å². The molecule has 1 fully saturated rings. The molecule has 1 heterocycles. The molecule has 18 heavy (non-hydrogen) atoms. The summed E-state index contributed by atoms with van der Waals surface area (Å²) in [5.41, 5.74) is 5.70. The first-order chi connectivity index (χ1) is 7.89. The normalized spacial score (nSPS) is 20.7. The molecule has 0 bridgehead atoms. The molecule has 1 atom stereocenters. The second-order valence-electron chi connectivity index (χ2n) is 4.02. The summed E-state index contributed by atoms with van der Waals surface area (Å²) in [5, 5.41) is 0.610. The number of nitrogens with two attached hydrogens (primary N) is 1. The molecule has 0 saturated carbocycles. The summed E-state index contributed by atoms with van der Waals surface area (Å²) in [6, 6.07) is 4.19. The van der Waals surface area contributed by atoms with Crippen molar-refractivity contribution in [2.45, 2.75) is 17.4 Å². The highest BCUT2D eigenvalue weighted by Crippen LogP contribution is 2.26. The maximum Gasteiger partial charge on any atom is 0.243 e. The molecule has 1 aromatic carbocycles. The zero-order valence-corrected chi connectivity index (χ0v) is 12.5. The van der Waals surface area contributed by atoms with Gasteiger partial charge in [0.2, 0.25) is 10.0 Å². The van der Waals surface area contributed by atoms with Gasteiger partial charge >= 0.3 is 0 Å². The van der Waals surface area contributed by atoms with Crippen molar-refractivity contribution < 1.29 is 8.42 Å². The van der Waals surface area contributed by atoms with Gasteiger partial charge in [-0.3, -0.25) is 0 Å². The fraction of sp³-hybridized carbons (Fsp3) is 0.400. The highest BCUT2D eigenvalue weighted by Gasteiger charge is 2.31. The molecule has 2 rings (SSSR count). The summed E-state index contributed by atoms with van der Waals surface area (Å²) in [7, 11) is -3.53. The second-order valence-corrected chi connectivity index (χ2v) is 6.83. The van der Waals surface area contributed by atoms with Crippen molar-refractivity contribution in [3.8, 4) is 0 Å². The average Bonchev–Trinajstić information content (AvgIpc) is 2.64. The summed E-state index contributed by atoms with van der Waals surface area (Å²) < 4.78 is 25.8. The predicted molar refractivity (Wildman–Crippen MR) is 75.1 cm³/mol. The van der Waals surface area contributed by atoms with Crippen molar-refractivity contribution in [3.63, 3.8) is 0 Å². The Morgan fingerprint density at radius 3 is 2.22 bits per heavy atom. The highest BCUT2D eigenvalue weighted by molar-refractivity contribution is 7.89. The number of rotatable bonds is 2. The van der Waals surface area contributed by atoms with Crippen LogP contribution in [0.1, 0.15) is 6.42 Å². The third-order valence-electron chi connectivity index (χ3n) is 2.66. The molecule has 0 aliphatic carbocycles. The summed E-state index contributed by atoms with van der Waals surface area (Å²) in [6.07, 6.45) is 0.674. The summed E-state index contributed by atoms with van der Waals surface area (Å²) >= 11 is 11.6. The van der Waals surface area contributed by atoms with Gasteiger partial charge in [-0.25, -0.2) is 8.42 Å². The number of hydrogen-bond acceptors (Lipinski definition) is 3. The van der Waals surface area contributed by atoms with Crippen LogP contribution in [0.15, 0.2) is 23.1 Å². The Kier molecular flexibility index (Phi) is 5.29. The Morgan fingerprint density at radius 1 is 1.22 bits per heavy atom. The van der Waals surface area contributed by atoms with Crippen LogP contribution in [0, 0.1) is 0 Å². The van der Waals surface area contributed by atoms with Crippen LogP contribution in [-0.2, 0) is 10.0 Å². The molecule has 8 heteroatoms. The van der Waals surface area contributed by atoms with Gasteiger partial charge in [-0.2, -0.15) is 4.31 Å². The van der Waals surface area contributed by atoms with Crippen LogP contribution in [0.3, 0.4) is 0 Å². The number of sulfonamides is 1. The Hall–Kier alpha value is -0.0400. The van der Waals surface area contributed by atoms with Crippen LogP contribution < -0.4 is 5.73 Å². The van der Waals surface area contributed by atoms with Crippen LogP contribution >= 0.6 is 35.6 Å². The molecule has 1 aromatic rings. The standard InChI is InChI=1S/C10H12Cl2N2O2S.ClH/c11-7-3-8(12)5-10(4-7)17(15,16)14-2-1-9(13)6-14;/h3-5,9H,1-2,6,13H2;1H/t9-;/m1./s1. The topological polar surface area (TPSA) is 63.4 Å². The Balaban J connectivity index is 0.00000162. The Labute approximate surface area is 123 Å². The maximum atomic E-state index is 12.2. The first kappa shape index (κ1) is 16.0. The number of halogens is 3. The predicted octanol–water partition coefficient (Wildman–Crippen LogP) is 2.14. The first-order valence-electron chi connectivity index (χ1n) is 5.11. The summed E-state index contributed by atoms with van der Waals surface area (Å²) in [4.78, 5) is 0.115. The Bertz CT molecular complexity index is 516. The lowest BCUT2D eigenvalue weighted by atomic mass is 10.3. The van der Waals surface area contributed by atoms with Gasteiger partial charge in [0.25, 0.3) is 0 Å². The fourth-order valence-electron chi connectivity index (χ4n) is 1.80. The molecule has 0 radical (unpaired) electrons. The van der Waals surface area contributed by atoms with Gasteiger partial charge in [-0.05, 0) is 24.6 Å². The second kappa shape index (κ2) is 5.94. The van der Waals surface area contributed by atoms with Crippen molar-refractivity contribution in [1.29, 1.82) is 0 Å². The molecular formula is C10H13Cl3N2O2S. The molecule has 0 unspecified atom stereocenters. The van der Waals surface area contributed by atoms with E-state index < -0.39 is 10.0 Å². The van der Waals surface area contributed by atoms with E-state index in [1.165, 1.54) is 22.5 Å². The molecule has 1 aliphatic heterocycles. The highest BCUT2D eigenvalue weighted by atomic mass is 35.5. The molecule has 4 nitrogen and oxygen atoms in total. The van der Waals surface area contributed by atoms with E-state index in [2.05, 4.69) is 0 Å². The number of nitrogens with zero attached hydrogens (tertiary/aromatic N) is 1. The maximum absolute atomic E-state index is 12.2. The van der Waals surface area contributed by atoms with E-state index in [1.54, 1.807) is 0 Å². The molecule has 2 N–H and O–H groups in total. The minimum atomic E-state index is -3.53. The van der Waals surface area contributed by atoms with Gasteiger partial charge in [0.15, 0.2) is 0 Å². The van der Waals surface area contributed by atoms with E-state index >= 15 is 0 Å². The molecule has 102 valence electrons. The number of hydrogen-bond donors (Lipinski definition) is 1. The molecule has 1 aliphatic rings. The lowest BCUT2D eigenvalue weighted by Crippen LogP contribution is -2.31. The van der Waals surface area contributed by atoms with Crippen LogP contribution in [0.4, 0.5) is 0 Å². The van der Waals surface area contributed by atoms with E-state index in [1.807, 2.05) is 0 Å². The molecule has 0 amide bonds. The summed E-state index contributed by atoms with van der Waals surface area (Å²) in [6.45, 7) is 0.778. The van der Waals surface area contributed by atoms with Crippen molar-refractivity contribution in [2.75, 3.05) is 13.1 Å². The third-order valence-corrected chi connectivity index (χ3v) is 4.94.